The van der Waals surface area contributed by atoms with Crippen LogP contribution in [0, 0.1) is 0 Å². The Morgan fingerprint density at radius 3 is 2.52 bits per heavy atom. The lowest BCUT2D eigenvalue weighted by atomic mass is 10.2. The van der Waals surface area contributed by atoms with Crippen LogP contribution in [0.1, 0.15) is 12.8 Å². The largest absolute Gasteiger partial charge is 0.462 e. The van der Waals surface area contributed by atoms with Crippen LogP contribution in [-0.2, 0) is 23.9 Å². The predicted molar refractivity (Wildman–Crippen MR) is 88.7 cm³/mol. The van der Waals surface area contributed by atoms with Crippen LogP contribution in [0.25, 0.3) is 10.9 Å². The number of fused-ring (bicyclic) bond motifs is 1. The number of nitrogens with zero attached hydrogens (tertiary/aromatic N) is 1. The molecular formula is C18H17NO6. The van der Waals surface area contributed by atoms with Crippen LogP contribution in [-0.4, -0.2) is 36.1 Å². The van der Waals surface area contributed by atoms with Crippen LogP contribution in [0.4, 0.5) is 0 Å². The number of hydrogen-bond donors (Lipinski definition) is 0. The number of aromatic nitrogens is 1. The van der Waals surface area contributed by atoms with Crippen molar-refractivity contribution in [1.29, 1.82) is 0 Å². The molecule has 0 amide bonds. The van der Waals surface area contributed by atoms with E-state index in [0.717, 1.165) is 11.5 Å². The molecule has 0 aliphatic heterocycles. The van der Waals surface area contributed by atoms with Gasteiger partial charge in [-0.2, -0.15) is 0 Å². The van der Waals surface area contributed by atoms with Gasteiger partial charge in [0.15, 0.2) is 5.75 Å². The number of benzene rings is 1. The molecule has 7 heteroatoms. The summed E-state index contributed by atoms with van der Waals surface area (Å²) in [7, 11) is 0. The van der Waals surface area contributed by atoms with E-state index < -0.39 is 17.9 Å². The van der Waals surface area contributed by atoms with Crippen molar-refractivity contribution in [2.75, 3.05) is 13.2 Å². The van der Waals surface area contributed by atoms with Crippen LogP contribution in [0.3, 0.4) is 0 Å². The lowest BCUT2D eigenvalue weighted by molar-refractivity contribution is -0.151. The minimum absolute atomic E-state index is 0.0668. The summed E-state index contributed by atoms with van der Waals surface area (Å²) in [5.74, 6) is -1.40. The van der Waals surface area contributed by atoms with E-state index in [1.54, 1.807) is 24.4 Å². The van der Waals surface area contributed by atoms with Gasteiger partial charge in [0.2, 0.25) is 0 Å². The first-order valence-electron chi connectivity index (χ1n) is 7.59. The van der Waals surface area contributed by atoms with Crippen LogP contribution in [0.2, 0.25) is 0 Å². The number of carbonyl (C=O) groups excluding carboxylic acids is 3. The Morgan fingerprint density at radius 1 is 1.00 bits per heavy atom. The highest BCUT2D eigenvalue weighted by Crippen LogP contribution is 2.23. The molecule has 0 atom stereocenters. The topological polar surface area (TPSA) is 91.8 Å². The second kappa shape index (κ2) is 9.17. The summed E-state index contributed by atoms with van der Waals surface area (Å²) in [6, 6.07) is 8.90. The van der Waals surface area contributed by atoms with Crippen LogP contribution in [0.5, 0.6) is 5.75 Å². The fourth-order valence-electron chi connectivity index (χ4n) is 1.97. The van der Waals surface area contributed by atoms with E-state index in [1.165, 1.54) is 0 Å². The van der Waals surface area contributed by atoms with E-state index in [2.05, 4.69) is 16.3 Å². The highest BCUT2D eigenvalue weighted by Gasteiger charge is 2.12. The Hall–Kier alpha value is -3.22. The smallest absolute Gasteiger partial charge is 0.330 e. The zero-order chi connectivity index (χ0) is 18.1. The predicted octanol–water partition coefficient (Wildman–Crippen LogP) is 2.19. The average molecular weight is 343 g/mol. The molecule has 1 heterocycles. The lowest BCUT2D eigenvalue weighted by Crippen LogP contribution is -2.15. The quantitative estimate of drug-likeness (QED) is 0.314. The summed E-state index contributed by atoms with van der Waals surface area (Å²) in [6.45, 7) is 3.09. The Balaban J connectivity index is 1.76. The van der Waals surface area contributed by atoms with Crippen molar-refractivity contribution in [3.05, 3.63) is 49.2 Å². The third-order valence-electron chi connectivity index (χ3n) is 3.11. The van der Waals surface area contributed by atoms with E-state index in [9.17, 15) is 14.4 Å². The highest BCUT2D eigenvalue weighted by molar-refractivity contribution is 5.87. The van der Waals surface area contributed by atoms with Crippen molar-refractivity contribution in [3.63, 3.8) is 0 Å². The summed E-state index contributed by atoms with van der Waals surface area (Å²) in [6.07, 6.45) is 2.36. The molecule has 0 unspecified atom stereocenters. The Bertz CT molecular complexity index is 781. The number of rotatable bonds is 8. The van der Waals surface area contributed by atoms with Gasteiger partial charge < -0.3 is 14.2 Å². The van der Waals surface area contributed by atoms with Crippen molar-refractivity contribution in [2.24, 2.45) is 0 Å². The third kappa shape index (κ3) is 5.72. The first-order chi connectivity index (χ1) is 12.1. The van der Waals surface area contributed by atoms with Gasteiger partial charge in [-0.3, -0.25) is 14.6 Å². The standard InChI is InChI=1S/C18H17NO6/c1-2-15(20)23-11-12-24-16(21)8-9-17(22)25-14-7-3-5-13-6-4-10-19-18(13)14/h2-7,10H,1,8-9,11-12H2. The molecule has 0 N–H and O–H groups in total. The second-order valence-electron chi connectivity index (χ2n) is 4.90. The fourth-order valence-corrected chi connectivity index (χ4v) is 1.97. The average Bonchev–Trinajstić information content (AvgIpc) is 2.63. The number of para-hydroxylation sites is 1. The van der Waals surface area contributed by atoms with Gasteiger partial charge in [0.25, 0.3) is 0 Å². The first kappa shape index (κ1) is 18.1. The zero-order valence-corrected chi connectivity index (χ0v) is 13.5. The van der Waals surface area contributed by atoms with Gasteiger partial charge >= 0.3 is 17.9 Å². The Labute approximate surface area is 144 Å². The van der Waals surface area contributed by atoms with E-state index in [1.807, 2.05) is 12.1 Å². The maximum atomic E-state index is 11.9. The van der Waals surface area contributed by atoms with E-state index >= 15 is 0 Å². The van der Waals surface area contributed by atoms with Gasteiger partial charge in [-0.15, -0.1) is 0 Å². The molecule has 7 nitrogen and oxygen atoms in total. The summed E-state index contributed by atoms with van der Waals surface area (Å²) in [4.78, 5) is 38.4. The van der Waals surface area contributed by atoms with E-state index in [0.29, 0.717) is 11.3 Å². The summed E-state index contributed by atoms with van der Waals surface area (Å²) in [5, 5.41) is 0.848. The SMILES string of the molecule is C=CC(=O)OCCOC(=O)CCC(=O)Oc1cccc2cccnc12. The van der Waals surface area contributed by atoms with Crippen molar-refractivity contribution in [3.8, 4) is 5.75 Å². The lowest BCUT2D eigenvalue weighted by Gasteiger charge is -2.07. The molecule has 0 saturated carbocycles. The summed E-state index contributed by atoms with van der Waals surface area (Å²) < 4.78 is 14.8. The van der Waals surface area contributed by atoms with Crippen molar-refractivity contribution < 1.29 is 28.6 Å². The molecule has 0 aliphatic carbocycles. The van der Waals surface area contributed by atoms with Crippen molar-refractivity contribution in [1.82, 2.24) is 4.98 Å². The number of ether oxygens (including phenoxy) is 3. The Kier molecular flexibility index (Phi) is 6.65. The monoisotopic (exact) mass is 343 g/mol. The molecule has 0 saturated heterocycles. The summed E-state index contributed by atoms with van der Waals surface area (Å²) in [5.41, 5.74) is 0.574. The number of hydrogen-bond acceptors (Lipinski definition) is 7. The Morgan fingerprint density at radius 2 is 1.72 bits per heavy atom. The van der Waals surface area contributed by atoms with Gasteiger partial charge in [0.05, 0.1) is 12.8 Å². The molecule has 0 spiro atoms. The van der Waals surface area contributed by atoms with Crippen molar-refractivity contribution in [2.45, 2.75) is 12.8 Å². The number of carbonyl (C=O) groups is 3. The van der Waals surface area contributed by atoms with Gasteiger partial charge in [-0.05, 0) is 12.1 Å². The van der Waals surface area contributed by atoms with Crippen LogP contribution in [0.15, 0.2) is 49.2 Å². The van der Waals surface area contributed by atoms with Gasteiger partial charge in [0.1, 0.15) is 18.7 Å². The molecule has 1 aromatic carbocycles. The molecule has 0 bridgehead atoms. The second-order valence-corrected chi connectivity index (χ2v) is 4.90. The molecule has 2 aromatic rings. The van der Waals surface area contributed by atoms with Gasteiger partial charge in [-0.1, -0.05) is 24.8 Å². The maximum Gasteiger partial charge on any atom is 0.330 e. The molecule has 1 aromatic heterocycles. The van der Waals surface area contributed by atoms with Crippen molar-refractivity contribution >= 4 is 28.8 Å². The third-order valence-corrected chi connectivity index (χ3v) is 3.11. The molecule has 25 heavy (non-hydrogen) atoms. The minimum Gasteiger partial charge on any atom is -0.462 e. The fraction of sp³-hybridized carbons (Fsp3) is 0.222. The van der Waals surface area contributed by atoms with Gasteiger partial charge in [0, 0.05) is 17.7 Å². The molecular weight excluding hydrogens is 326 g/mol. The van der Waals surface area contributed by atoms with E-state index in [-0.39, 0.29) is 26.1 Å². The number of pyridine rings is 1. The van der Waals surface area contributed by atoms with Crippen LogP contribution < -0.4 is 4.74 Å². The molecule has 2 rings (SSSR count). The molecule has 0 fully saturated rings. The van der Waals surface area contributed by atoms with Gasteiger partial charge in [-0.25, -0.2) is 4.79 Å². The minimum atomic E-state index is -0.594. The molecule has 0 radical (unpaired) electrons. The van der Waals surface area contributed by atoms with E-state index in [4.69, 9.17) is 9.47 Å². The van der Waals surface area contributed by atoms with Crippen LogP contribution >= 0.6 is 0 Å². The molecule has 0 aliphatic rings. The highest BCUT2D eigenvalue weighted by atomic mass is 16.6. The first-order valence-corrected chi connectivity index (χ1v) is 7.59. The normalized spacial score (nSPS) is 10.1. The zero-order valence-electron chi connectivity index (χ0n) is 13.5. The summed E-state index contributed by atoms with van der Waals surface area (Å²) >= 11 is 0. The maximum absolute atomic E-state index is 11.9. The molecule has 130 valence electrons. The number of esters is 3.